The van der Waals surface area contributed by atoms with Gasteiger partial charge in [0.25, 0.3) is 0 Å². The van der Waals surface area contributed by atoms with Gasteiger partial charge in [0, 0.05) is 16.4 Å². The van der Waals surface area contributed by atoms with Crippen LogP contribution in [0.3, 0.4) is 0 Å². The molecule has 7 heteroatoms. The van der Waals surface area contributed by atoms with E-state index in [1.54, 1.807) is 29.6 Å². The minimum Gasteiger partial charge on any atom is -0.544 e. The Hall–Kier alpha value is -2.57. The molecular formula is C19H22ClN3O3. The predicted molar refractivity (Wildman–Crippen MR) is 100.0 cm³/mol. The number of aliphatic carboxylic acids is 1. The highest BCUT2D eigenvalue weighted by Gasteiger charge is 2.18. The van der Waals surface area contributed by atoms with Gasteiger partial charge < -0.3 is 25.9 Å². The molecule has 4 N–H and O–H groups in total. The second-order valence-electron chi connectivity index (χ2n) is 6.01. The number of nitrogens with two attached hydrogens (primary N) is 1. The number of halogens is 1. The average Bonchev–Trinajstić information content (AvgIpc) is 2.57. The zero-order valence-electron chi connectivity index (χ0n) is 14.5. The maximum Gasteiger partial charge on any atom is 0.230 e. The van der Waals surface area contributed by atoms with Crippen LogP contribution in [0, 0.1) is 6.92 Å². The first kappa shape index (κ1) is 19.8. The SMILES string of the molecule is Cc1cccc(NCC[NH2+][C@@H](CC(=O)Nc2cccc(Cl)c2)C(=O)[O-])c1. The van der Waals surface area contributed by atoms with Gasteiger partial charge in [-0.3, -0.25) is 4.79 Å². The van der Waals surface area contributed by atoms with E-state index in [1.807, 2.05) is 31.2 Å². The minimum absolute atomic E-state index is 0.181. The highest BCUT2D eigenvalue weighted by atomic mass is 35.5. The lowest BCUT2D eigenvalue weighted by Gasteiger charge is -2.17. The summed E-state index contributed by atoms with van der Waals surface area (Å²) in [6, 6.07) is 13.6. The van der Waals surface area contributed by atoms with Crippen LogP contribution in [0.2, 0.25) is 5.02 Å². The number of carbonyl (C=O) groups is 2. The van der Waals surface area contributed by atoms with Gasteiger partial charge in [0.1, 0.15) is 6.04 Å². The van der Waals surface area contributed by atoms with Gasteiger partial charge >= 0.3 is 0 Å². The second kappa shape index (κ2) is 9.79. The third kappa shape index (κ3) is 6.74. The Morgan fingerprint density at radius 2 is 1.88 bits per heavy atom. The van der Waals surface area contributed by atoms with Gasteiger partial charge in [-0.2, -0.15) is 0 Å². The molecule has 0 spiro atoms. The van der Waals surface area contributed by atoms with Crippen LogP contribution in [0.15, 0.2) is 48.5 Å². The molecule has 26 heavy (non-hydrogen) atoms. The number of hydrogen-bond acceptors (Lipinski definition) is 4. The Morgan fingerprint density at radius 1 is 1.15 bits per heavy atom. The van der Waals surface area contributed by atoms with Gasteiger partial charge in [-0.15, -0.1) is 0 Å². The van der Waals surface area contributed by atoms with E-state index in [1.165, 1.54) is 0 Å². The van der Waals surface area contributed by atoms with Crippen molar-refractivity contribution in [1.29, 1.82) is 0 Å². The maximum absolute atomic E-state index is 12.0. The Labute approximate surface area is 157 Å². The first-order valence-corrected chi connectivity index (χ1v) is 8.72. The molecule has 6 nitrogen and oxygen atoms in total. The highest BCUT2D eigenvalue weighted by molar-refractivity contribution is 6.30. The molecule has 2 aromatic carbocycles. The van der Waals surface area contributed by atoms with Crippen LogP contribution < -0.4 is 21.1 Å². The number of carbonyl (C=O) groups excluding carboxylic acids is 2. The van der Waals surface area contributed by atoms with E-state index >= 15 is 0 Å². The number of amides is 1. The molecule has 0 fully saturated rings. The lowest BCUT2D eigenvalue weighted by atomic mass is 10.2. The van der Waals surface area contributed by atoms with E-state index in [0.29, 0.717) is 23.8 Å². The van der Waals surface area contributed by atoms with Gasteiger partial charge in [-0.1, -0.05) is 29.8 Å². The lowest BCUT2D eigenvalue weighted by molar-refractivity contribution is -0.680. The van der Waals surface area contributed by atoms with E-state index in [9.17, 15) is 14.7 Å². The predicted octanol–water partition coefficient (Wildman–Crippen LogP) is 0.771. The van der Waals surface area contributed by atoms with Crippen LogP contribution in [-0.4, -0.2) is 31.0 Å². The van der Waals surface area contributed by atoms with Crippen molar-refractivity contribution in [3.63, 3.8) is 0 Å². The smallest absolute Gasteiger partial charge is 0.230 e. The number of quaternary nitrogens is 1. The van der Waals surface area contributed by atoms with Crippen molar-refractivity contribution in [1.82, 2.24) is 0 Å². The summed E-state index contributed by atoms with van der Waals surface area (Å²) in [4.78, 5) is 23.3. The van der Waals surface area contributed by atoms with Gasteiger partial charge in [-0.05, 0) is 42.8 Å². The summed E-state index contributed by atoms with van der Waals surface area (Å²) in [5.74, 6) is -1.66. The van der Waals surface area contributed by atoms with E-state index in [-0.39, 0.29) is 6.42 Å². The summed E-state index contributed by atoms with van der Waals surface area (Å²) in [5, 5.41) is 19.2. The van der Waals surface area contributed by atoms with E-state index < -0.39 is 17.9 Å². The molecule has 0 radical (unpaired) electrons. The van der Waals surface area contributed by atoms with Crippen molar-refractivity contribution in [2.24, 2.45) is 0 Å². The molecule has 138 valence electrons. The van der Waals surface area contributed by atoms with Crippen molar-refractivity contribution in [2.75, 3.05) is 23.7 Å². The fourth-order valence-corrected chi connectivity index (χ4v) is 2.69. The normalized spacial score (nSPS) is 11.6. The second-order valence-corrected chi connectivity index (χ2v) is 6.45. The molecule has 0 unspecified atom stereocenters. The summed E-state index contributed by atoms with van der Waals surface area (Å²) < 4.78 is 0. The number of anilines is 2. The van der Waals surface area contributed by atoms with E-state index in [2.05, 4.69) is 10.6 Å². The molecule has 2 aromatic rings. The fraction of sp³-hybridized carbons (Fsp3) is 0.263. The lowest BCUT2D eigenvalue weighted by Crippen LogP contribution is -2.94. The van der Waals surface area contributed by atoms with Crippen molar-refractivity contribution >= 4 is 34.9 Å². The highest BCUT2D eigenvalue weighted by Crippen LogP contribution is 2.15. The first-order valence-electron chi connectivity index (χ1n) is 8.34. The van der Waals surface area contributed by atoms with Crippen LogP contribution in [0.1, 0.15) is 12.0 Å². The van der Waals surface area contributed by atoms with Crippen LogP contribution in [0.5, 0.6) is 0 Å². The minimum atomic E-state index is -1.26. The molecule has 0 heterocycles. The largest absolute Gasteiger partial charge is 0.544 e. The molecule has 0 aromatic heterocycles. The number of carboxylic acid groups (broad SMARTS) is 1. The van der Waals surface area contributed by atoms with E-state index in [4.69, 9.17) is 11.6 Å². The van der Waals surface area contributed by atoms with Gasteiger partial charge in [0.15, 0.2) is 0 Å². The summed E-state index contributed by atoms with van der Waals surface area (Å²) in [6.45, 7) is 3.07. The molecule has 1 atom stereocenters. The molecule has 0 aliphatic rings. The maximum atomic E-state index is 12.0. The molecule has 0 saturated heterocycles. The van der Waals surface area contributed by atoms with Crippen molar-refractivity contribution in [3.8, 4) is 0 Å². The number of rotatable bonds is 9. The molecular weight excluding hydrogens is 354 g/mol. The van der Waals surface area contributed by atoms with Gasteiger partial charge in [0.05, 0.1) is 25.5 Å². The van der Waals surface area contributed by atoms with Crippen molar-refractivity contribution in [2.45, 2.75) is 19.4 Å². The number of aryl methyl sites for hydroxylation is 1. The number of hydrogen-bond donors (Lipinski definition) is 3. The average molecular weight is 376 g/mol. The summed E-state index contributed by atoms with van der Waals surface area (Å²) >= 11 is 5.86. The third-order valence-electron chi connectivity index (χ3n) is 3.76. The summed E-state index contributed by atoms with van der Waals surface area (Å²) in [6.07, 6.45) is -0.181. The van der Waals surface area contributed by atoms with Gasteiger partial charge in [-0.25, -0.2) is 0 Å². The first-order chi connectivity index (χ1) is 12.4. The van der Waals surface area contributed by atoms with Crippen molar-refractivity contribution < 1.29 is 20.0 Å². The van der Waals surface area contributed by atoms with Crippen LogP contribution in [0.4, 0.5) is 11.4 Å². The standard InChI is InChI=1S/C19H22ClN3O3/c1-13-4-2-6-15(10-13)21-8-9-22-17(19(25)26)12-18(24)23-16-7-3-5-14(20)11-16/h2-7,10-11,17,21-22H,8-9,12H2,1H3,(H,23,24)(H,25,26)/t17-/m0/s1. The van der Waals surface area contributed by atoms with Crippen LogP contribution in [0.25, 0.3) is 0 Å². The zero-order valence-corrected chi connectivity index (χ0v) is 15.3. The molecule has 1 amide bonds. The summed E-state index contributed by atoms with van der Waals surface area (Å²) in [5.41, 5.74) is 2.65. The molecule has 0 bridgehead atoms. The summed E-state index contributed by atoms with van der Waals surface area (Å²) in [7, 11) is 0. The molecule has 0 saturated carbocycles. The zero-order chi connectivity index (χ0) is 18.9. The van der Waals surface area contributed by atoms with Gasteiger partial charge in [0.2, 0.25) is 5.91 Å². The van der Waals surface area contributed by atoms with Crippen molar-refractivity contribution in [3.05, 3.63) is 59.1 Å². The Bertz CT molecular complexity index is 767. The fourth-order valence-electron chi connectivity index (χ4n) is 2.50. The van der Waals surface area contributed by atoms with E-state index in [0.717, 1.165) is 11.3 Å². The number of carboxylic acids is 1. The quantitative estimate of drug-likeness (QED) is 0.564. The molecule has 2 rings (SSSR count). The Balaban J connectivity index is 1.78. The topological polar surface area (TPSA) is 97.9 Å². The Morgan fingerprint density at radius 3 is 2.58 bits per heavy atom. The van der Waals surface area contributed by atoms with Crippen LogP contribution >= 0.6 is 11.6 Å². The number of benzene rings is 2. The molecule has 0 aliphatic carbocycles. The monoisotopic (exact) mass is 375 g/mol. The Kier molecular flexibility index (Phi) is 7.44. The number of nitrogens with one attached hydrogen (secondary N) is 2. The third-order valence-corrected chi connectivity index (χ3v) is 3.99. The van der Waals surface area contributed by atoms with Crippen LogP contribution in [-0.2, 0) is 9.59 Å². The molecule has 0 aliphatic heterocycles.